The van der Waals surface area contributed by atoms with Crippen LogP contribution in [0.15, 0.2) is 24.3 Å². The zero-order valence-electron chi connectivity index (χ0n) is 7.58. The first-order chi connectivity index (χ1) is 6.11. The van der Waals surface area contributed by atoms with Crippen LogP contribution in [0.2, 0.25) is 0 Å². The summed E-state index contributed by atoms with van der Waals surface area (Å²) in [6, 6.07) is 0. The molecule has 0 amide bonds. The standard InChI is InChI=1S/C10H14Cl2O/c1-2-5-9(13)10(12)7-4-3-6-8(10)11/h3-4,6-9,13H,2,5H2,1H3. The number of hydrogen-bond donors (Lipinski definition) is 1. The van der Waals surface area contributed by atoms with Crippen LogP contribution in [-0.2, 0) is 0 Å². The third-order valence-corrected chi connectivity index (χ3v) is 3.47. The maximum atomic E-state index is 9.80. The van der Waals surface area contributed by atoms with Crippen molar-refractivity contribution in [2.45, 2.75) is 36.1 Å². The second-order valence-electron chi connectivity index (χ2n) is 3.28. The second kappa shape index (κ2) is 4.50. The molecule has 0 heterocycles. The van der Waals surface area contributed by atoms with E-state index < -0.39 is 11.0 Å². The van der Waals surface area contributed by atoms with Gasteiger partial charge in [-0.05, 0) is 6.42 Å². The van der Waals surface area contributed by atoms with Crippen molar-refractivity contribution in [3.63, 3.8) is 0 Å². The minimum Gasteiger partial charge on any atom is -0.391 e. The Kier molecular flexibility index (Phi) is 3.84. The Labute approximate surface area is 89.0 Å². The minimum absolute atomic E-state index is 0.333. The molecule has 1 aliphatic carbocycles. The van der Waals surface area contributed by atoms with E-state index in [9.17, 15) is 5.11 Å². The molecule has 1 aliphatic rings. The van der Waals surface area contributed by atoms with Crippen LogP contribution in [0.5, 0.6) is 0 Å². The summed E-state index contributed by atoms with van der Waals surface area (Å²) >= 11 is 12.3. The van der Waals surface area contributed by atoms with Crippen molar-refractivity contribution in [3.8, 4) is 0 Å². The number of hydrogen-bond acceptors (Lipinski definition) is 1. The summed E-state index contributed by atoms with van der Waals surface area (Å²) in [7, 11) is 0. The lowest BCUT2D eigenvalue weighted by atomic mass is 9.91. The van der Waals surface area contributed by atoms with Crippen molar-refractivity contribution < 1.29 is 5.11 Å². The van der Waals surface area contributed by atoms with Gasteiger partial charge in [0.15, 0.2) is 0 Å². The molecular weight excluding hydrogens is 207 g/mol. The molecule has 1 nitrogen and oxygen atoms in total. The molecule has 3 heteroatoms. The number of allylic oxidation sites excluding steroid dienone is 3. The highest BCUT2D eigenvalue weighted by molar-refractivity contribution is 6.34. The monoisotopic (exact) mass is 220 g/mol. The number of aliphatic hydroxyl groups excluding tert-OH is 1. The van der Waals surface area contributed by atoms with Crippen LogP contribution in [0.3, 0.4) is 0 Å². The van der Waals surface area contributed by atoms with Gasteiger partial charge < -0.3 is 5.11 Å². The number of alkyl halides is 2. The van der Waals surface area contributed by atoms with Crippen molar-refractivity contribution in [1.29, 1.82) is 0 Å². The first-order valence-electron chi connectivity index (χ1n) is 4.48. The Balaban J connectivity index is 2.74. The molecule has 0 radical (unpaired) electrons. The van der Waals surface area contributed by atoms with E-state index in [4.69, 9.17) is 23.2 Å². The Bertz CT molecular complexity index is 225. The molecule has 1 rings (SSSR count). The molecule has 3 atom stereocenters. The van der Waals surface area contributed by atoms with Crippen molar-refractivity contribution >= 4 is 23.2 Å². The molecule has 74 valence electrons. The van der Waals surface area contributed by atoms with E-state index in [1.807, 2.05) is 19.1 Å². The zero-order valence-corrected chi connectivity index (χ0v) is 9.09. The molecule has 0 aromatic rings. The fourth-order valence-electron chi connectivity index (χ4n) is 1.39. The lowest BCUT2D eigenvalue weighted by Gasteiger charge is -2.33. The van der Waals surface area contributed by atoms with Gasteiger partial charge in [0.1, 0.15) is 4.87 Å². The van der Waals surface area contributed by atoms with Crippen molar-refractivity contribution in [3.05, 3.63) is 24.3 Å². The summed E-state index contributed by atoms with van der Waals surface area (Å²) in [5.41, 5.74) is 0. The quantitative estimate of drug-likeness (QED) is 0.726. The summed E-state index contributed by atoms with van der Waals surface area (Å²) in [5.74, 6) is 0. The second-order valence-corrected chi connectivity index (χ2v) is 4.40. The smallest absolute Gasteiger partial charge is 0.108 e. The van der Waals surface area contributed by atoms with E-state index in [2.05, 4.69) is 0 Å². The molecule has 0 aromatic carbocycles. The van der Waals surface area contributed by atoms with Gasteiger partial charge in [-0.25, -0.2) is 0 Å². The molecule has 0 aromatic heterocycles. The van der Waals surface area contributed by atoms with Crippen LogP contribution < -0.4 is 0 Å². The Morgan fingerprint density at radius 2 is 2.23 bits per heavy atom. The normalized spacial score (nSPS) is 34.9. The number of aliphatic hydroxyl groups is 1. The van der Waals surface area contributed by atoms with Crippen molar-refractivity contribution in [1.82, 2.24) is 0 Å². The fourth-order valence-corrected chi connectivity index (χ4v) is 1.95. The molecular formula is C10H14Cl2O. The number of halogens is 2. The van der Waals surface area contributed by atoms with Crippen molar-refractivity contribution in [2.24, 2.45) is 0 Å². The summed E-state index contributed by atoms with van der Waals surface area (Å²) in [6.07, 6.45) is 8.23. The summed E-state index contributed by atoms with van der Waals surface area (Å²) < 4.78 is 0. The largest absolute Gasteiger partial charge is 0.391 e. The van der Waals surface area contributed by atoms with E-state index in [1.165, 1.54) is 0 Å². The van der Waals surface area contributed by atoms with Gasteiger partial charge in [0, 0.05) is 0 Å². The molecule has 0 saturated heterocycles. The number of rotatable bonds is 3. The van der Waals surface area contributed by atoms with Crippen LogP contribution in [0, 0.1) is 0 Å². The van der Waals surface area contributed by atoms with E-state index >= 15 is 0 Å². The van der Waals surface area contributed by atoms with Crippen LogP contribution in [0.25, 0.3) is 0 Å². The van der Waals surface area contributed by atoms with Gasteiger partial charge in [0.25, 0.3) is 0 Å². The van der Waals surface area contributed by atoms with E-state index in [0.717, 1.165) is 6.42 Å². The van der Waals surface area contributed by atoms with Crippen LogP contribution in [-0.4, -0.2) is 21.5 Å². The maximum Gasteiger partial charge on any atom is 0.108 e. The topological polar surface area (TPSA) is 20.2 Å². The SMILES string of the molecule is CCCC(O)C1(Cl)C=CC=CC1Cl. The van der Waals surface area contributed by atoms with Gasteiger partial charge in [-0.2, -0.15) is 0 Å². The average Bonchev–Trinajstić information content (AvgIpc) is 2.11. The summed E-state index contributed by atoms with van der Waals surface area (Å²) in [4.78, 5) is -0.827. The van der Waals surface area contributed by atoms with Gasteiger partial charge in [0.05, 0.1) is 11.5 Å². The molecule has 13 heavy (non-hydrogen) atoms. The van der Waals surface area contributed by atoms with Crippen LogP contribution in [0.1, 0.15) is 19.8 Å². The Hall–Kier alpha value is 0.0200. The highest BCUT2D eigenvalue weighted by Gasteiger charge is 2.39. The third-order valence-electron chi connectivity index (χ3n) is 2.24. The Morgan fingerprint density at radius 1 is 1.54 bits per heavy atom. The highest BCUT2D eigenvalue weighted by atomic mass is 35.5. The van der Waals surface area contributed by atoms with Gasteiger partial charge in [-0.1, -0.05) is 37.6 Å². The molecule has 0 aliphatic heterocycles. The zero-order chi connectivity index (χ0) is 9.90. The predicted octanol–water partition coefficient (Wildman–Crippen LogP) is 2.86. The molecule has 0 spiro atoms. The lowest BCUT2D eigenvalue weighted by Crippen LogP contribution is -2.43. The van der Waals surface area contributed by atoms with E-state index in [0.29, 0.717) is 6.42 Å². The maximum absolute atomic E-state index is 9.80. The van der Waals surface area contributed by atoms with Crippen molar-refractivity contribution in [2.75, 3.05) is 0 Å². The fraction of sp³-hybridized carbons (Fsp3) is 0.600. The molecule has 0 fully saturated rings. The van der Waals surface area contributed by atoms with Crippen LogP contribution in [0.4, 0.5) is 0 Å². The van der Waals surface area contributed by atoms with Gasteiger partial charge in [0.2, 0.25) is 0 Å². The summed E-state index contributed by atoms with van der Waals surface area (Å²) in [6.45, 7) is 2.01. The highest BCUT2D eigenvalue weighted by Crippen LogP contribution is 2.35. The van der Waals surface area contributed by atoms with E-state index in [1.54, 1.807) is 12.2 Å². The minimum atomic E-state index is -0.827. The van der Waals surface area contributed by atoms with Gasteiger partial charge in [-0.15, -0.1) is 23.2 Å². The summed E-state index contributed by atoms with van der Waals surface area (Å²) in [5, 5.41) is 9.47. The van der Waals surface area contributed by atoms with Crippen LogP contribution >= 0.6 is 23.2 Å². The third kappa shape index (κ3) is 2.28. The molecule has 1 N–H and O–H groups in total. The molecule has 0 bridgehead atoms. The molecule has 0 saturated carbocycles. The average molecular weight is 221 g/mol. The Morgan fingerprint density at radius 3 is 2.77 bits per heavy atom. The lowest BCUT2D eigenvalue weighted by molar-refractivity contribution is 0.134. The molecule has 3 unspecified atom stereocenters. The first kappa shape index (κ1) is 11.1. The van der Waals surface area contributed by atoms with Gasteiger partial charge >= 0.3 is 0 Å². The van der Waals surface area contributed by atoms with E-state index in [-0.39, 0.29) is 5.38 Å². The van der Waals surface area contributed by atoms with Gasteiger partial charge in [-0.3, -0.25) is 0 Å². The predicted molar refractivity (Wildman–Crippen MR) is 57.4 cm³/mol. The first-order valence-corrected chi connectivity index (χ1v) is 5.29.